The van der Waals surface area contributed by atoms with E-state index in [1.807, 2.05) is 51.1 Å². The highest BCUT2D eigenvalue weighted by molar-refractivity contribution is 5.89. The summed E-state index contributed by atoms with van der Waals surface area (Å²) in [5, 5.41) is 14.9. The van der Waals surface area contributed by atoms with Gasteiger partial charge in [-0.05, 0) is 57.4 Å². The number of carbonyl (C=O) groups is 4. The fraction of sp³-hybridized carbons (Fsp3) is 0.722. The van der Waals surface area contributed by atoms with Crippen molar-refractivity contribution in [3.05, 3.63) is 35.9 Å². The molecule has 2 N–H and O–H groups in total. The van der Waals surface area contributed by atoms with Crippen molar-refractivity contribution >= 4 is 23.6 Å². The van der Waals surface area contributed by atoms with Gasteiger partial charge in [-0.25, -0.2) is 0 Å². The highest BCUT2D eigenvalue weighted by atomic mass is 16.3. The van der Waals surface area contributed by atoms with Crippen LogP contribution in [0.5, 0.6) is 0 Å². The monoisotopic (exact) mass is 624 g/mol. The molecule has 1 aromatic rings. The second-order valence-electron chi connectivity index (χ2n) is 14.8. The normalized spacial score (nSPS) is 22.8. The first kappa shape index (κ1) is 34.9. The van der Waals surface area contributed by atoms with Crippen LogP contribution in [0.25, 0.3) is 0 Å². The number of aliphatic hydroxyl groups excluding tert-OH is 1. The van der Waals surface area contributed by atoms with Gasteiger partial charge in [0.1, 0.15) is 6.54 Å². The molecule has 0 radical (unpaired) electrons. The van der Waals surface area contributed by atoms with Crippen LogP contribution in [-0.2, 0) is 19.2 Å². The lowest BCUT2D eigenvalue weighted by Crippen LogP contribution is -2.51. The number of carbonyl (C=O) groups excluding carboxylic acids is 4. The largest absolute Gasteiger partial charge is 0.390 e. The highest BCUT2D eigenvalue weighted by Gasteiger charge is 2.48. The van der Waals surface area contributed by atoms with E-state index in [1.54, 1.807) is 30.9 Å². The fourth-order valence-electron chi connectivity index (χ4n) is 7.23. The molecule has 5 atom stereocenters. The molecule has 0 spiro atoms. The van der Waals surface area contributed by atoms with Gasteiger partial charge in [0, 0.05) is 39.0 Å². The molecule has 3 fully saturated rings. The Bertz CT molecular complexity index is 1180. The summed E-state index contributed by atoms with van der Waals surface area (Å²) in [6.07, 6.45) is 8.39. The molecule has 250 valence electrons. The number of rotatable bonds is 14. The van der Waals surface area contributed by atoms with E-state index in [4.69, 9.17) is 0 Å². The Balaban J connectivity index is 1.54. The molecule has 1 aromatic carbocycles. The van der Waals surface area contributed by atoms with Crippen LogP contribution in [0.3, 0.4) is 0 Å². The van der Waals surface area contributed by atoms with Crippen molar-refractivity contribution in [2.24, 2.45) is 23.7 Å². The van der Waals surface area contributed by atoms with Crippen molar-refractivity contribution in [3.63, 3.8) is 0 Å². The minimum absolute atomic E-state index is 0.00934. The van der Waals surface area contributed by atoms with Gasteiger partial charge in [-0.2, -0.15) is 0 Å². The Morgan fingerprint density at radius 1 is 0.978 bits per heavy atom. The lowest BCUT2D eigenvalue weighted by Gasteiger charge is -2.34. The Morgan fingerprint density at radius 3 is 2.16 bits per heavy atom. The van der Waals surface area contributed by atoms with E-state index < -0.39 is 24.0 Å². The van der Waals surface area contributed by atoms with Crippen molar-refractivity contribution < 1.29 is 24.3 Å². The second kappa shape index (κ2) is 15.1. The average Bonchev–Trinajstić information content (AvgIpc) is 3.82. The molecule has 3 aliphatic rings. The van der Waals surface area contributed by atoms with Crippen LogP contribution in [0.1, 0.15) is 103 Å². The molecule has 2 saturated carbocycles. The lowest BCUT2D eigenvalue weighted by atomic mass is 9.80. The molecule has 45 heavy (non-hydrogen) atoms. The summed E-state index contributed by atoms with van der Waals surface area (Å²) < 4.78 is 0. The molecule has 2 aliphatic carbocycles. The van der Waals surface area contributed by atoms with Crippen LogP contribution < -0.4 is 5.32 Å². The molecule has 4 rings (SSSR count). The standard InChI is InChI=1S/C36H56N4O5/c1-24(27-15-11-8-12-16-27)40(23-32(42)38(4)5)31(41)21-28(19-26-17-18-26)34(44)37-30(20-25-13-9-7-10-14-25)33(43)29-22-36(2,3)39(6)35(29)45/h8,11-12,15-16,24-26,28-30,33,43H,7,9-10,13-14,17-23H2,1-6H3,(H,37,44)/t24-,28+,29-,30-,33-/m0/s1. The SMILES string of the molecule is C[C@@H](c1ccccc1)N(CC(=O)N(C)C)C(=O)C[C@@H](CC1CC1)C(=O)N[C@@H](CC1CCCCC1)[C@@H](O)[C@@H]1CC(C)(C)N(C)C1=O. The topological polar surface area (TPSA) is 110 Å². The Morgan fingerprint density at radius 2 is 1.60 bits per heavy atom. The molecule has 0 unspecified atom stereocenters. The van der Waals surface area contributed by atoms with Crippen LogP contribution in [0.4, 0.5) is 0 Å². The van der Waals surface area contributed by atoms with Gasteiger partial charge in [-0.1, -0.05) is 75.3 Å². The number of nitrogens with zero attached hydrogens (tertiary/aromatic N) is 3. The van der Waals surface area contributed by atoms with Gasteiger partial charge in [-0.15, -0.1) is 0 Å². The fourth-order valence-corrected chi connectivity index (χ4v) is 7.23. The predicted octanol–water partition coefficient (Wildman–Crippen LogP) is 4.54. The molecular weight excluding hydrogens is 568 g/mol. The van der Waals surface area contributed by atoms with Gasteiger partial charge in [0.15, 0.2) is 0 Å². The first-order valence-electron chi connectivity index (χ1n) is 17.1. The van der Waals surface area contributed by atoms with Gasteiger partial charge >= 0.3 is 0 Å². The minimum Gasteiger partial charge on any atom is -0.390 e. The zero-order chi connectivity index (χ0) is 32.9. The summed E-state index contributed by atoms with van der Waals surface area (Å²) in [5.41, 5.74) is 0.553. The van der Waals surface area contributed by atoms with Crippen LogP contribution >= 0.6 is 0 Å². The average molecular weight is 625 g/mol. The maximum Gasteiger partial charge on any atom is 0.241 e. The minimum atomic E-state index is -1.00. The van der Waals surface area contributed by atoms with Gasteiger partial charge < -0.3 is 25.1 Å². The zero-order valence-electron chi connectivity index (χ0n) is 28.3. The highest BCUT2D eigenvalue weighted by Crippen LogP contribution is 2.39. The van der Waals surface area contributed by atoms with E-state index in [-0.39, 0.29) is 48.2 Å². The molecular formula is C36H56N4O5. The molecule has 1 saturated heterocycles. The van der Waals surface area contributed by atoms with Gasteiger partial charge in [-0.3, -0.25) is 19.2 Å². The van der Waals surface area contributed by atoms with Crippen LogP contribution in [0.15, 0.2) is 30.3 Å². The molecule has 9 heteroatoms. The van der Waals surface area contributed by atoms with Gasteiger partial charge in [0.25, 0.3) is 0 Å². The van der Waals surface area contributed by atoms with Crippen molar-refractivity contribution in [2.45, 2.75) is 115 Å². The summed E-state index contributed by atoms with van der Waals surface area (Å²) in [6.45, 7) is 5.86. The van der Waals surface area contributed by atoms with Crippen LogP contribution in [0.2, 0.25) is 0 Å². The lowest BCUT2D eigenvalue weighted by molar-refractivity contribution is -0.143. The number of nitrogens with one attached hydrogen (secondary N) is 1. The summed E-state index contributed by atoms with van der Waals surface area (Å²) in [4.78, 5) is 59.0. The first-order chi connectivity index (χ1) is 21.3. The molecule has 1 aliphatic heterocycles. The maximum absolute atomic E-state index is 14.1. The predicted molar refractivity (Wildman–Crippen MR) is 175 cm³/mol. The second-order valence-corrected chi connectivity index (χ2v) is 14.8. The van der Waals surface area contributed by atoms with E-state index >= 15 is 0 Å². The van der Waals surface area contributed by atoms with E-state index in [9.17, 15) is 24.3 Å². The third-order valence-corrected chi connectivity index (χ3v) is 10.7. The molecule has 9 nitrogen and oxygen atoms in total. The van der Waals surface area contributed by atoms with Gasteiger partial charge in [0.05, 0.1) is 24.1 Å². The quantitative estimate of drug-likeness (QED) is 0.316. The molecule has 0 bridgehead atoms. The van der Waals surface area contributed by atoms with Crippen molar-refractivity contribution in [1.82, 2.24) is 20.0 Å². The third-order valence-electron chi connectivity index (χ3n) is 10.7. The Labute approximate surface area is 270 Å². The number of amides is 4. The third kappa shape index (κ3) is 9.08. The van der Waals surface area contributed by atoms with Crippen molar-refractivity contribution in [2.75, 3.05) is 27.7 Å². The van der Waals surface area contributed by atoms with E-state index in [1.165, 1.54) is 11.3 Å². The van der Waals surface area contributed by atoms with E-state index in [0.29, 0.717) is 31.1 Å². The number of benzene rings is 1. The number of hydrogen-bond donors (Lipinski definition) is 2. The van der Waals surface area contributed by atoms with E-state index in [0.717, 1.165) is 44.1 Å². The summed E-state index contributed by atoms with van der Waals surface area (Å²) in [5.74, 6) is -1.13. The maximum atomic E-state index is 14.1. The number of hydrogen-bond acceptors (Lipinski definition) is 5. The summed E-state index contributed by atoms with van der Waals surface area (Å²) >= 11 is 0. The Kier molecular flexibility index (Phi) is 11.7. The van der Waals surface area contributed by atoms with Gasteiger partial charge in [0.2, 0.25) is 23.6 Å². The summed E-state index contributed by atoms with van der Waals surface area (Å²) in [7, 11) is 5.13. The van der Waals surface area contributed by atoms with Crippen molar-refractivity contribution in [3.8, 4) is 0 Å². The smallest absolute Gasteiger partial charge is 0.241 e. The van der Waals surface area contributed by atoms with Crippen LogP contribution in [-0.4, -0.2) is 88.8 Å². The molecule has 0 aromatic heterocycles. The zero-order valence-corrected chi connectivity index (χ0v) is 28.3. The molecule has 4 amide bonds. The van der Waals surface area contributed by atoms with Crippen molar-refractivity contribution in [1.29, 1.82) is 0 Å². The number of likely N-dealkylation sites (N-methyl/N-ethyl adjacent to an activating group) is 1. The molecule has 1 heterocycles. The van der Waals surface area contributed by atoms with Crippen LogP contribution in [0, 0.1) is 23.7 Å². The first-order valence-corrected chi connectivity index (χ1v) is 17.1. The number of aliphatic hydroxyl groups is 1. The number of likely N-dealkylation sites (tertiary alicyclic amines) is 1. The Hall–Kier alpha value is -2.94. The summed E-state index contributed by atoms with van der Waals surface area (Å²) in [6, 6.07) is 8.72. The van der Waals surface area contributed by atoms with E-state index in [2.05, 4.69) is 5.32 Å².